The van der Waals surface area contributed by atoms with Crippen molar-refractivity contribution in [1.82, 2.24) is 5.43 Å². The van der Waals surface area contributed by atoms with Crippen LogP contribution in [0.5, 0.6) is 0 Å². The average Bonchev–Trinajstić information content (AvgIpc) is 2.76. The molecular formula is C12H11BrF2N2S. The van der Waals surface area contributed by atoms with Crippen LogP contribution in [0, 0.1) is 11.6 Å². The van der Waals surface area contributed by atoms with Gasteiger partial charge in [-0.3, -0.25) is 11.3 Å². The van der Waals surface area contributed by atoms with Crippen molar-refractivity contribution < 1.29 is 8.78 Å². The van der Waals surface area contributed by atoms with Crippen LogP contribution in [0.25, 0.3) is 0 Å². The molecule has 3 N–H and O–H groups in total. The molecule has 0 spiro atoms. The Kier molecular flexibility index (Phi) is 4.45. The van der Waals surface area contributed by atoms with Crippen molar-refractivity contribution in [2.24, 2.45) is 5.84 Å². The Morgan fingerprint density at radius 3 is 2.72 bits per heavy atom. The molecule has 0 bridgehead atoms. The van der Waals surface area contributed by atoms with Crippen LogP contribution in [0.4, 0.5) is 8.78 Å². The van der Waals surface area contributed by atoms with Gasteiger partial charge in [-0.1, -0.05) is 12.1 Å². The first-order valence-corrected chi connectivity index (χ1v) is 6.92. The molecule has 2 rings (SSSR count). The van der Waals surface area contributed by atoms with E-state index in [0.29, 0.717) is 6.42 Å². The minimum atomic E-state index is -0.863. The number of hydrogen-bond donors (Lipinski definition) is 2. The lowest BCUT2D eigenvalue weighted by Crippen LogP contribution is -2.30. The Hall–Kier alpha value is -0.820. The predicted octanol–water partition coefficient (Wildman–Crippen LogP) is 3.54. The van der Waals surface area contributed by atoms with Gasteiger partial charge in [-0.15, -0.1) is 11.3 Å². The fourth-order valence-electron chi connectivity index (χ4n) is 1.70. The highest BCUT2D eigenvalue weighted by molar-refractivity contribution is 9.10. The molecule has 1 atom stereocenters. The van der Waals surface area contributed by atoms with Crippen LogP contribution >= 0.6 is 27.3 Å². The van der Waals surface area contributed by atoms with Crippen molar-refractivity contribution in [3.8, 4) is 0 Å². The topological polar surface area (TPSA) is 38.0 Å². The number of hydrogen-bond acceptors (Lipinski definition) is 3. The van der Waals surface area contributed by atoms with Crippen molar-refractivity contribution in [2.75, 3.05) is 0 Å². The van der Waals surface area contributed by atoms with Gasteiger partial charge in [0.1, 0.15) is 0 Å². The highest BCUT2D eigenvalue weighted by Crippen LogP contribution is 2.29. The molecule has 1 aromatic heterocycles. The molecule has 1 heterocycles. The van der Waals surface area contributed by atoms with E-state index in [0.717, 1.165) is 15.4 Å². The van der Waals surface area contributed by atoms with Gasteiger partial charge in [0.2, 0.25) is 0 Å². The molecule has 2 nitrogen and oxygen atoms in total. The van der Waals surface area contributed by atoms with Crippen molar-refractivity contribution >= 4 is 27.3 Å². The number of hydrazine groups is 1. The van der Waals surface area contributed by atoms with Gasteiger partial charge in [0.25, 0.3) is 0 Å². The van der Waals surface area contributed by atoms with Crippen LogP contribution in [-0.4, -0.2) is 0 Å². The second kappa shape index (κ2) is 5.88. The van der Waals surface area contributed by atoms with E-state index in [2.05, 4.69) is 21.4 Å². The molecule has 0 aliphatic heterocycles. The van der Waals surface area contributed by atoms with E-state index in [1.54, 1.807) is 0 Å². The number of nitrogens with two attached hydrogens (primary N) is 1. The number of nitrogens with one attached hydrogen (secondary N) is 1. The highest BCUT2D eigenvalue weighted by Gasteiger charge is 2.19. The molecule has 0 aliphatic rings. The van der Waals surface area contributed by atoms with Crippen molar-refractivity contribution in [2.45, 2.75) is 12.5 Å². The Labute approximate surface area is 116 Å². The zero-order valence-electron chi connectivity index (χ0n) is 9.29. The van der Waals surface area contributed by atoms with E-state index in [1.807, 2.05) is 11.4 Å². The van der Waals surface area contributed by atoms with Crippen LogP contribution in [0.3, 0.4) is 0 Å². The predicted molar refractivity (Wildman–Crippen MR) is 72.1 cm³/mol. The summed E-state index contributed by atoms with van der Waals surface area (Å²) in [5.41, 5.74) is 2.77. The Balaban J connectivity index is 2.29. The first-order valence-electron chi connectivity index (χ1n) is 5.25. The summed E-state index contributed by atoms with van der Waals surface area (Å²) in [7, 11) is 0. The van der Waals surface area contributed by atoms with Gasteiger partial charge in [-0.25, -0.2) is 8.78 Å². The first kappa shape index (κ1) is 13.6. The first-order chi connectivity index (χ1) is 8.63. The fraction of sp³-hybridized carbons (Fsp3) is 0.167. The maximum Gasteiger partial charge on any atom is 0.163 e. The van der Waals surface area contributed by atoms with Gasteiger partial charge < -0.3 is 0 Å². The van der Waals surface area contributed by atoms with Crippen LogP contribution in [-0.2, 0) is 6.42 Å². The number of halogens is 3. The largest absolute Gasteiger partial charge is 0.271 e. The number of benzene rings is 1. The molecule has 18 heavy (non-hydrogen) atoms. The minimum absolute atomic E-state index is 0.234. The summed E-state index contributed by atoms with van der Waals surface area (Å²) >= 11 is 4.94. The summed E-state index contributed by atoms with van der Waals surface area (Å²) in [6, 6.07) is 5.55. The van der Waals surface area contributed by atoms with Gasteiger partial charge in [0.05, 0.1) is 6.04 Å². The summed E-state index contributed by atoms with van der Waals surface area (Å²) in [6.45, 7) is 0. The quantitative estimate of drug-likeness (QED) is 0.663. The van der Waals surface area contributed by atoms with Gasteiger partial charge >= 0.3 is 0 Å². The molecule has 0 aliphatic carbocycles. The van der Waals surface area contributed by atoms with Crippen LogP contribution < -0.4 is 11.3 Å². The molecule has 0 radical (unpaired) electrons. The van der Waals surface area contributed by atoms with Crippen molar-refractivity contribution in [3.63, 3.8) is 0 Å². The minimum Gasteiger partial charge on any atom is -0.271 e. The lowest BCUT2D eigenvalue weighted by atomic mass is 10.0. The zero-order valence-corrected chi connectivity index (χ0v) is 11.7. The number of rotatable bonds is 4. The van der Waals surface area contributed by atoms with Crippen LogP contribution in [0.2, 0.25) is 0 Å². The standard InChI is InChI=1S/C12H11BrF2N2S/c13-8-4-5-18-11(8)6-10(17-16)7-2-1-3-9(14)12(7)15/h1-5,10,17H,6,16H2. The highest BCUT2D eigenvalue weighted by atomic mass is 79.9. The molecule has 2 aromatic rings. The van der Waals surface area contributed by atoms with Gasteiger partial charge in [0, 0.05) is 21.3 Å². The van der Waals surface area contributed by atoms with Crippen molar-refractivity contribution in [1.29, 1.82) is 0 Å². The maximum atomic E-state index is 13.7. The fourth-order valence-corrected chi connectivity index (χ4v) is 3.27. The third-order valence-corrected chi connectivity index (χ3v) is 4.59. The SMILES string of the molecule is NNC(Cc1sccc1Br)c1cccc(F)c1F. The average molecular weight is 333 g/mol. The van der Waals surface area contributed by atoms with E-state index in [-0.39, 0.29) is 5.56 Å². The lowest BCUT2D eigenvalue weighted by Gasteiger charge is -2.16. The molecule has 0 saturated carbocycles. The van der Waals surface area contributed by atoms with E-state index in [9.17, 15) is 8.78 Å². The molecule has 1 unspecified atom stereocenters. The van der Waals surface area contributed by atoms with Gasteiger partial charge in [-0.05, 0) is 33.4 Å². The molecule has 0 amide bonds. The molecular weight excluding hydrogens is 322 g/mol. The van der Waals surface area contributed by atoms with E-state index in [1.165, 1.54) is 23.5 Å². The Morgan fingerprint density at radius 1 is 1.33 bits per heavy atom. The monoisotopic (exact) mass is 332 g/mol. The molecule has 6 heteroatoms. The van der Waals surface area contributed by atoms with Gasteiger partial charge in [-0.2, -0.15) is 0 Å². The summed E-state index contributed by atoms with van der Waals surface area (Å²) in [6.07, 6.45) is 0.495. The summed E-state index contributed by atoms with van der Waals surface area (Å²) < 4.78 is 27.8. The van der Waals surface area contributed by atoms with Crippen LogP contribution in [0.1, 0.15) is 16.5 Å². The molecule has 1 aromatic carbocycles. The summed E-state index contributed by atoms with van der Waals surface area (Å²) in [5.74, 6) is 3.72. The summed E-state index contributed by atoms with van der Waals surface area (Å²) in [4.78, 5) is 1.03. The van der Waals surface area contributed by atoms with E-state index in [4.69, 9.17) is 5.84 Å². The summed E-state index contributed by atoms with van der Waals surface area (Å²) in [5, 5.41) is 1.93. The smallest absolute Gasteiger partial charge is 0.163 e. The van der Waals surface area contributed by atoms with Gasteiger partial charge in [0.15, 0.2) is 11.6 Å². The van der Waals surface area contributed by atoms with Crippen LogP contribution in [0.15, 0.2) is 34.1 Å². The molecule has 96 valence electrons. The van der Waals surface area contributed by atoms with E-state index < -0.39 is 17.7 Å². The van der Waals surface area contributed by atoms with Crippen molar-refractivity contribution in [3.05, 3.63) is 56.2 Å². The Bertz CT molecular complexity index is 545. The third kappa shape index (κ3) is 2.77. The Morgan fingerprint density at radius 2 is 2.11 bits per heavy atom. The third-order valence-electron chi connectivity index (χ3n) is 2.64. The second-order valence-electron chi connectivity index (χ2n) is 3.76. The normalized spacial score (nSPS) is 12.7. The zero-order chi connectivity index (χ0) is 13.1. The molecule has 0 fully saturated rings. The maximum absolute atomic E-state index is 13.7. The molecule has 0 saturated heterocycles. The lowest BCUT2D eigenvalue weighted by molar-refractivity contribution is 0.465. The van der Waals surface area contributed by atoms with E-state index >= 15 is 0 Å². The number of thiophene rings is 1. The second-order valence-corrected chi connectivity index (χ2v) is 5.61.